The van der Waals surface area contributed by atoms with Gasteiger partial charge in [-0.3, -0.25) is 0 Å². The van der Waals surface area contributed by atoms with E-state index in [9.17, 15) is 0 Å². The monoisotopic (exact) mass is 309 g/mol. The fourth-order valence-corrected chi connectivity index (χ4v) is 4.45. The first-order valence-electron chi connectivity index (χ1n) is 8.67. The molecule has 2 rings (SSSR count). The summed E-state index contributed by atoms with van der Waals surface area (Å²) in [7, 11) is 0. The van der Waals surface area contributed by atoms with Crippen LogP contribution in [0.3, 0.4) is 0 Å². The summed E-state index contributed by atoms with van der Waals surface area (Å²) in [6.07, 6.45) is 8.32. The molecule has 3 heteroatoms. The van der Waals surface area contributed by atoms with Crippen LogP contribution >= 0.6 is 11.3 Å². The summed E-state index contributed by atoms with van der Waals surface area (Å²) in [5.41, 5.74) is 0. The first-order chi connectivity index (χ1) is 10.3. The van der Waals surface area contributed by atoms with Crippen LogP contribution in [0.5, 0.6) is 0 Å². The SMILES string of the molecule is CCCNC(c1ccc(C)s1)C(OCC)C1CCCCC1. The van der Waals surface area contributed by atoms with E-state index >= 15 is 0 Å². The van der Waals surface area contributed by atoms with Crippen LogP contribution in [-0.4, -0.2) is 19.3 Å². The highest BCUT2D eigenvalue weighted by Crippen LogP contribution is 2.36. The van der Waals surface area contributed by atoms with Gasteiger partial charge in [0.2, 0.25) is 0 Å². The Hall–Kier alpha value is -0.380. The molecule has 0 bridgehead atoms. The number of hydrogen-bond acceptors (Lipinski definition) is 3. The van der Waals surface area contributed by atoms with E-state index in [2.05, 4.69) is 38.2 Å². The first-order valence-corrected chi connectivity index (χ1v) is 9.49. The third-order valence-corrected chi connectivity index (χ3v) is 5.57. The highest BCUT2D eigenvalue weighted by Gasteiger charge is 2.32. The molecule has 1 saturated carbocycles. The van der Waals surface area contributed by atoms with Crippen molar-refractivity contribution in [1.82, 2.24) is 5.32 Å². The highest BCUT2D eigenvalue weighted by atomic mass is 32.1. The Morgan fingerprint density at radius 1 is 1.24 bits per heavy atom. The number of ether oxygens (including phenoxy) is 1. The largest absolute Gasteiger partial charge is 0.376 e. The lowest BCUT2D eigenvalue weighted by atomic mass is 9.82. The minimum atomic E-state index is 0.333. The van der Waals surface area contributed by atoms with Crippen molar-refractivity contribution < 1.29 is 4.74 Å². The second-order valence-electron chi connectivity index (χ2n) is 6.20. The fourth-order valence-electron chi connectivity index (χ4n) is 3.46. The van der Waals surface area contributed by atoms with Crippen LogP contribution in [0.2, 0.25) is 0 Å². The van der Waals surface area contributed by atoms with Gasteiger partial charge in [0.15, 0.2) is 0 Å². The molecule has 0 amide bonds. The maximum absolute atomic E-state index is 6.25. The van der Waals surface area contributed by atoms with Crippen LogP contribution < -0.4 is 5.32 Å². The maximum Gasteiger partial charge on any atom is 0.0805 e. The van der Waals surface area contributed by atoms with Crippen LogP contribution in [0.4, 0.5) is 0 Å². The molecular formula is C18H31NOS. The Morgan fingerprint density at radius 2 is 2.00 bits per heavy atom. The van der Waals surface area contributed by atoms with Crippen molar-refractivity contribution in [2.24, 2.45) is 5.92 Å². The molecule has 1 fully saturated rings. The zero-order valence-corrected chi connectivity index (χ0v) is 14.7. The van der Waals surface area contributed by atoms with Crippen molar-refractivity contribution in [3.8, 4) is 0 Å². The average molecular weight is 310 g/mol. The van der Waals surface area contributed by atoms with Crippen LogP contribution in [0, 0.1) is 12.8 Å². The number of rotatable bonds is 8. The second-order valence-corrected chi connectivity index (χ2v) is 7.52. The van der Waals surface area contributed by atoms with Crippen molar-refractivity contribution in [2.75, 3.05) is 13.2 Å². The third-order valence-electron chi connectivity index (χ3n) is 4.48. The zero-order chi connectivity index (χ0) is 15.1. The van der Waals surface area contributed by atoms with E-state index in [0.717, 1.165) is 19.1 Å². The Labute approximate surface area is 134 Å². The van der Waals surface area contributed by atoms with Crippen LogP contribution in [0.15, 0.2) is 12.1 Å². The van der Waals surface area contributed by atoms with Crippen LogP contribution in [-0.2, 0) is 4.74 Å². The Morgan fingerprint density at radius 3 is 2.57 bits per heavy atom. The van der Waals surface area contributed by atoms with E-state index in [0.29, 0.717) is 12.1 Å². The molecule has 1 aliphatic rings. The number of hydrogen-bond donors (Lipinski definition) is 1. The van der Waals surface area contributed by atoms with E-state index in [1.807, 2.05) is 11.3 Å². The number of thiophene rings is 1. The molecule has 120 valence electrons. The Kier molecular flexibility index (Phi) is 7.21. The molecule has 0 aliphatic heterocycles. The third kappa shape index (κ3) is 4.80. The van der Waals surface area contributed by atoms with E-state index in [-0.39, 0.29) is 0 Å². The first kappa shape index (κ1) is 17.0. The lowest BCUT2D eigenvalue weighted by molar-refractivity contribution is -0.0175. The molecule has 1 aliphatic carbocycles. The summed E-state index contributed by atoms with van der Waals surface area (Å²) < 4.78 is 6.25. The predicted molar refractivity (Wildman–Crippen MR) is 92.1 cm³/mol. The minimum Gasteiger partial charge on any atom is -0.376 e. The van der Waals surface area contributed by atoms with Gasteiger partial charge in [0.1, 0.15) is 0 Å². The molecule has 0 spiro atoms. The maximum atomic E-state index is 6.25. The molecule has 2 unspecified atom stereocenters. The van der Waals surface area contributed by atoms with Gasteiger partial charge in [-0.25, -0.2) is 0 Å². The minimum absolute atomic E-state index is 0.333. The van der Waals surface area contributed by atoms with Crippen LogP contribution in [0.1, 0.15) is 68.2 Å². The summed E-state index contributed by atoms with van der Waals surface area (Å²) in [5, 5.41) is 3.77. The topological polar surface area (TPSA) is 21.3 Å². The van der Waals surface area contributed by atoms with E-state index in [1.165, 1.54) is 48.3 Å². The molecule has 1 aromatic heterocycles. The zero-order valence-electron chi connectivity index (χ0n) is 13.9. The van der Waals surface area contributed by atoms with Gasteiger partial charge in [-0.1, -0.05) is 26.2 Å². The number of nitrogens with one attached hydrogen (secondary N) is 1. The number of aryl methyl sites for hydroxylation is 1. The van der Waals surface area contributed by atoms with Gasteiger partial charge in [0, 0.05) is 16.4 Å². The van der Waals surface area contributed by atoms with Gasteiger partial charge in [0.05, 0.1) is 12.1 Å². The smallest absolute Gasteiger partial charge is 0.0805 e. The molecule has 0 aromatic carbocycles. The Balaban J connectivity index is 2.16. The second kappa shape index (κ2) is 8.92. The summed E-state index contributed by atoms with van der Waals surface area (Å²) in [4.78, 5) is 2.84. The highest BCUT2D eigenvalue weighted by molar-refractivity contribution is 7.12. The molecule has 2 nitrogen and oxygen atoms in total. The predicted octanol–water partition coefficient (Wildman–Crippen LogP) is 5.08. The summed E-state index contributed by atoms with van der Waals surface area (Å²) in [5.74, 6) is 0.718. The van der Waals surface area contributed by atoms with Gasteiger partial charge >= 0.3 is 0 Å². The quantitative estimate of drug-likeness (QED) is 0.723. The molecule has 0 radical (unpaired) electrons. The van der Waals surface area contributed by atoms with Crippen molar-refractivity contribution >= 4 is 11.3 Å². The summed E-state index contributed by atoms with van der Waals surface area (Å²) in [6.45, 7) is 8.45. The van der Waals surface area contributed by atoms with E-state index in [1.54, 1.807) is 0 Å². The van der Waals surface area contributed by atoms with Gasteiger partial charge < -0.3 is 10.1 Å². The van der Waals surface area contributed by atoms with E-state index < -0.39 is 0 Å². The van der Waals surface area contributed by atoms with Crippen molar-refractivity contribution in [1.29, 1.82) is 0 Å². The van der Waals surface area contributed by atoms with Crippen LogP contribution in [0.25, 0.3) is 0 Å². The lowest BCUT2D eigenvalue weighted by Gasteiger charge is -2.35. The fraction of sp³-hybridized carbons (Fsp3) is 0.778. The van der Waals surface area contributed by atoms with Gasteiger partial charge in [0.25, 0.3) is 0 Å². The molecule has 1 aromatic rings. The van der Waals surface area contributed by atoms with Crippen molar-refractivity contribution in [3.05, 3.63) is 21.9 Å². The lowest BCUT2D eigenvalue weighted by Crippen LogP contribution is -2.39. The van der Waals surface area contributed by atoms with Crippen molar-refractivity contribution in [3.63, 3.8) is 0 Å². The average Bonchev–Trinajstić information content (AvgIpc) is 2.94. The molecule has 2 atom stereocenters. The molecule has 1 heterocycles. The molecular weight excluding hydrogens is 278 g/mol. The van der Waals surface area contributed by atoms with Gasteiger partial charge in [-0.15, -0.1) is 11.3 Å². The van der Waals surface area contributed by atoms with E-state index in [4.69, 9.17) is 4.74 Å². The molecule has 0 saturated heterocycles. The normalized spacial score (nSPS) is 19.6. The van der Waals surface area contributed by atoms with Gasteiger partial charge in [-0.05, 0) is 57.7 Å². The summed E-state index contributed by atoms with van der Waals surface area (Å²) in [6, 6.07) is 4.90. The van der Waals surface area contributed by atoms with Gasteiger partial charge in [-0.2, -0.15) is 0 Å². The standard InChI is InChI=1S/C18H31NOS/c1-4-13-19-17(16-12-11-14(3)21-16)18(20-5-2)15-9-7-6-8-10-15/h11-12,15,17-19H,4-10,13H2,1-3H3. The molecule has 1 N–H and O–H groups in total. The summed E-state index contributed by atoms with van der Waals surface area (Å²) >= 11 is 1.92. The molecule has 21 heavy (non-hydrogen) atoms. The van der Waals surface area contributed by atoms with Crippen molar-refractivity contribution in [2.45, 2.75) is 71.4 Å². The Bertz CT molecular complexity index is 398.